The van der Waals surface area contributed by atoms with Crippen molar-refractivity contribution in [3.63, 3.8) is 0 Å². The number of nitrogens with zero attached hydrogens (tertiary/aromatic N) is 3. The molecule has 0 aromatic carbocycles. The molecule has 11 heteroatoms. The lowest BCUT2D eigenvalue weighted by Gasteiger charge is -2.25. The van der Waals surface area contributed by atoms with Gasteiger partial charge in [0.1, 0.15) is 18.2 Å². The number of aliphatic carboxylic acids is 1. The lowest BCUT2D eigenvalue weighted by atomic mass is 9.99. The molecule has 4 atom stereocenters. The van der Waals surface area contributed by atoms with Gasteiger partial charge in [0.25, 0.3) is 0 Å². The Morgan fingerprint density at radius 3 is 2.05 bits per heavy atom. The van der Waals surface area contributed by atoms with E-state index in [1.54, 1.807) is 0 Å². The Morgan fingerprint density at radius 2 is 1.63 bits per heavy atom. The van der Waals surface area contributed by atoms with Gasteiger partial charge in [-0.15, -0.1) is 0 Å². The topological polar surface area (TPSA) is 223 Å². The molecule has 0 saturated carbocycles. The third kappa shape index (κ3) is 6.67. The molecule has 110 valence electrons. The van der Waals surface area contributed by atoms with Gasteiger partial charge in [-0.05, 0) is 5.53 Å². The highest BCUT2D eigenvalue weighted by atomic mass is 16.4. The van der Waals surface area contributed by atoms with Crippen molar-refractivity contribution in [1.82, 2.24) is 6.15 Å². The van der Waals surface area contributed by atoms with Crippen LogP contribution in [0.1, 0.15) is 6.42 Å². The maximum Gasteiger partial charge on any atom is 0.180 e. The minimum atomic E-state index is -2.04. The van der Waals surface area contributed by atoms with Crippen LogP contribution < -0.4 is 11.3 Å². The van der Waals surface area contributed by atoms with Gasteiger partial charge in [-0.25, -0.2) is 0 Å². The van der Waals surface area contributed by atoms with Crippen LogP contribution in [0.25, 0.3) is 10.4 Å². The van der Waals surface area contributed by atoms with Crippen LogP contribution in [0.4, 0.5) is 0 Å². The van der Waals surface area contributed by atoms with Crippen molar-refractivity contribution < 1.29 is 35.1 Å². The number of ketones is 1. The van der Waals surface area contributed by atoms with E-state index < -0.39 is 49.1 Å². The number of carboxylic acid groups (broad SMARTS) is 1. The number of hydrogen-bond donors (Lipinski definition) is 5. The van der Waals surface area contributed by atoms with Gasteiger partial charge in [-0.3, -0.25) is 4.79 Å². The fraction of sp³-hybridized carbons (Fsp3) is 0.750. The number of carbonyl (C=O) groups is 2. The molecule has 0 aliphatic rings. The molecule has 0 aromatic heterocycles. The van der Waals surface area contributed by atoms with Gasteiger partial charge in [0.15, 0.2) is 5.78 Å². The number of carboxylic acids is 1. The van der Waals surface area contributed by atoms with Gasteiger partial charge in [-0.2, -0.15) is 0 Å². The SMILES string of the molecule is [N-]=[N+]=NC[C@@H](O)[C@@H](O)[C@H](O)[C@@H](O)CC(=O)C(=O)[O-].[NH4+]. The van der Waals surface area contributed by atoms with Crippen LogP contribution in [-0.4, -0.2) is 63.1 Å². The first-order valence-corrected chi connectivity index (χ1v) is 4.78. The molecule has 0 unspecified atom stereocenters. The van der Waals surface area contributed by atoms with E-state index >= 15 is 0 Å². The van der Waals surface area contributed by atoms with Crippen molar-refractivity contribution in [1.29, 1.82) is 0 Å². The van der Waals surface area contributed by atoms with Gasteiger partial charge in [0.2, 0.25) is 0 Å². The van der Waals surface area contributed by atoms with Crippen molar-refractivity contribution >= 4 is 11.8 Å². The van der Waals surface area contributed by atoms with Gasteiger partial charge in [0.05, 0.1) is 18.8 Å². The monoisotopic (exact) mass is 280 g/mol. The van der Waals surface area contributed by atoms with Crippen molar-refractivity contribution in [3.8, 4) is 0 Å². The number of aliphatic hydroxyl groups is 4. The van der Waals surface area contributed by atoms with Crippen LogP contribution in [0.5, 0.6) is 0 Å². The normalized spacial score (nSPS) is 16.2. The highest BCUT2D eigenvalue weighted by Gasteiger charge is 2.31. The van der Waals surface area contributed by atoms with Gasteiger partial charge in [-0.1, -0.05) is 5.11 Å². The molecular formula is C8H16N4O7. The second kappa shape index (κ2) is 9.22. The first kappa shape index (κ1) is 19.6. The fourth-order valence-corrected chi connectivity index (χ4v) is 1.08. The number of azide groups is 1. The van der Waals surface area contributed by atoms with E-state index in [2.05, 4.69) is 10.0 Å². The van der Waals surface area contributed by atoms with E-state index in [1.165, 1.54) is 0 Å². The van der Waals surface area contributed by atoms with E-state index in [0.717, 1.165) is 0 Å². The molecule has 0 saturated heterocycles. The van der Waals surface area contributed by atoms with E-state index in [1.807, 2.05) is 0 Å². The average molecular weight is 280 g/mol. The number of carbonyl (C=O) groups excluding carboxylic acids is 2. The summed E-state index contributed by atoms with van der Waals surface area (Å²) in [6, 6.07) is 0. The number of aliphatic hydroxyl groups excluding tert-OH is 4. The summed E-state index contributed by atoms with van der Waals surface area (Å²) < 4.78 is 0. The van der Waals surface area contributed by atoms with E-state index in [0.29, 0.717) is 0 Å². The summed E-state index contributed by atoms with van der Waals surface area (Å²) in [5, 5.41) is 50.1. The highest BCUT2D eigenvalue weighted by Crippen LogP contribution is 2.09. The second-order valence-electron chi connectivity index (χ2n) is 3.44. The smallest absolute Gasteiger partial charge is 0.180 e. The molecule has 0 amide bonds. The van der Waals surface area contributed by atoms with Crippen LogP contribution in [0.2, 0.25) is 0 Å². The summed E-state index contributed by atoms with van der Waals surface area (Å²) in [7, 11) is 0. The number of quaternary nitrogens is 1. The van der Waals surface area contributed by atoms with Crippen LogP contribution in [0.3, 0.4) is 0 Å². The van der Waals surface area contributed by atoms with Crippen molar-refractivity contribution in [2.24, 2.45) is 5.11 Å². The standard InChI is InChI=1S/C8H13N3O7.H3N/c9-11-10-2-5(14)7(16)6(15)3(12)1-4(13)8(17)18;/h3,5-7,12,14-16H,1-2H2,(H,17,18);1H3/t3-,5+,6+,7+;/m0./s1. The number of rotatable bonds is 8. The zero-order valence-corrected chi connectivity index (χ0v) is 10.1. The third-order valence-electron chi connectivity index (χ3n) is 2.09. The third-order valence-corrected chi connectivity index (χ3v) is 2.09. The lowest BCUT2D eigenvalue weighted by Crippen LogP contribution is -2.47. The molecule has 0 aliphatic carbocycles. The molecule has 11 nitrogen and oxygen atoms in total. The predicted octanol–water partition coefficient (Wildman–Crippen LogP) is -3.17. The summed E-state index contributed by atoms with van der Waals surface area (Å²) in [4.78, 5) is 23.1. The summed E-state index contributed by atoms with van der Waals surface area (Å²) in [6.07, 6.45) is -8.42. The lowest BCUT2D eigenvalue weighted by molar-refractivity contribution is -0.300. The molecule has 0 rings (SSSR count). The molecule has 0 aromatic rings. The Kier molecular flexibility index (Phi) is 9.50. The van der Waals surface area contributed by atoms with Gasteiger partial charge in [0, 0.05) is 11.3 Å². The van der Waals surface area contributed by atoms with Gasteiger partial charge < -0.3 is 36.5 Å². The minimum Gasteiger partial charge on any atom is -0.542 e. The molecule has 19 heavy (non-hydrogen) atoms. The molecule has 0 spiro atoms. The molecular weight excluding hydrogens is 264 g/mol. The maximum atomic E-state index is 10.7. The quantitative estimate of drug-likeness (QED) is 0.132. The highest BCUT2D eigenvalue weighted by molar-refractivity contribution is 6.31. The Labute approximate surface area is 107 Å². The van der Waals surface area contributed by atoms with Crippen LogP contribution in [0, 0.1) is 0 Å². The average Bonchev–Trinajstić information content (AvgIpc) is 2.33. The van der Waals surface area contributed by atoms with E-state index in [-0.39, 0.29) is 6.15 Å². The Morgan fingerprint density at radius 1 is 1.16 bits per heavy atom. The molecule has 0 bridgehead atoms. The minimum absolute atomic E-state index is 0. The summed E-state index contributed by atoms with van der Waals surface area (Å²) in [5.74, 6) is -3.50. The first-order chi connectivity index (χ1) is 8.31. The Hall–Kier alpha value is -1.75. The van der Waals surface area contributed by atoms with E-state index in [9.17, 15) is 35.1 Å². The van der Waals surface area contributed by atoms with Gasteiger partial charge >= 0.3 is 0 Å². The summed E-state index contributed by atoms with van der Waals surface area (Å²) >= 11 is 0. The molecule has 0 heterocycles. The first-order valence-electron chi connectivity index (χ1n) is 4.78. The largest absolute Gasteiger partial charge is 0.542 e. The molecule has 8 N–H and O–H groups in total. The summed E-state index contributed by atoms with van der Waals surface area (Å²) in [5.41, 5.74) is 7.96. The van der Waals surface area contributed by atoms with Crippen molar-refractivity contribution in [2.45, 2.75) is 30.8 Å². The Balaban J connectivity index is 0. The molecule has 0 fully saturated rings. The van der Waals surface area contributed by atoms with E-state index in [4.69, 9.17) is 5.53 Å². The fourth-order valence-electron chi connectivity index (χ4n) is 1.08. The van der Waals surface area contributed by atoms with Crippen LogP contribution in [0.15, 0.2) is 5.11 Å². The Bertz CT molecular complexity index is 357. The second-order valence-corrected chi connectivity index (χ2v) is 3.44. The molecule has 0 aliphatic heterocycles. The zero-order valence-electron chi connectivity index (χ0n) is 10.1. The summed E-state index contributed by atoms with van der Waals surface area (Å²) in [6.45, 7) is -0.560. The molecule has 0 radical (unpaired) electrons. The van der Waals surface area contributed by atoms with Crippen LogP contribution >= 0.6 is 0 Å². The van der Waals surface area contributed by atoms with Crippen LogP contribution in [-0.2, 0) is 9.59 Å². The zero-order chi connectivity index (χ0) is 14.3. The number of hydrogen-bond acceptors (Lipinski definition) is 8. The van der Waals surface area contributed by atoms with Crippen molar-refractivity contribution in [2.75, 3.05) is 6.54 Å². The predicted molar refractivity (Wildman–Crippen MR) is 58.7 cm³/mol. The van der Waals surface area contributed by atoms with Crippen molar-refractivity contribution in [3.05, 3.63) is 10.4 Å². The maximum absolute atomic E-state index is 10.7. The number of Topliss-reactive ketones (excluding diaryl/α,β-unsaturated/α-hetero) is 1.